The number of hydrogen-bond donors (Lipinski definition) is 2. The van der Waals surface area contributed by atoms with Crippen LogP contribution in [0.25, 0.3) is 0 Å². The number of nitrogens with zero attached hydrogens (tertiary/aromatic N) is 5. The molecule has 0 spiro atoms. The quantitative estimate of drug-likeness (QED) is 0.0776. The van der Waals surface area contributed by atoms with Gasteiger partial charge in [-0.1, -0.05) is 62.1 Å². The van der Waals surface area contributed by atoms with Gasteiger partial charge in [0.1, 0.15) is 24.0 Å². The summed E-state index contributed by atoms with van der Waals surface area (Å²) in [5.41, 5.74) is -0.334. The predicted molar refractivity (Wildman–Crippen MR) is 188 cm³/mol. The average Bonchev–Trinajstić information content (AvgIpc) is 2.99. The number of aliphatic hydroxyl groups is 1. The standard InChI is InChI=1S/C30H48ClFN6O6S2Si/c1-8-23(19-39)33-25-18-26(35-28(34-25)45-20-22-10-9-11-24(31)27(22)32)38(21-43-16-17-47(5,6)7)46(41,42)37-14-12-36(13-15-37)29(40)44-30(2,3)4/h9-11,18,23,39H,8,12-17,19-21H2,1-7H3,(H,33,34,35)/t23-/m1/s1. The second kappa shape index (κ2) is 16.9. The monoisotopic (exact) mass is 734 g/mol. The first kappa shape index (κ1) is 39.2. The third-order valence-corrected chi connectivity index (χ3v) is 11.9. The summed E-state index contributed by atoms with van der Waals surface area (Å²) >= 11 is 7.09. The van der Waals surface area contributed by atoms with Crippen LogP contribution in [0.4, 0.5) is 20.8 Å². The van der Waals surface area contributed by atoms with E-state index in [0.29, 0.717) is 24.4 Å². The summed E-state index contributed by atoms with van der Waals surface area (Å²) < 4.78 is 57.0. The molecular formula is C30H48ClFN6O6S2Si. The summed E-state index contributed by atoms with van der Waals surface area (Å²) in [6, 6.07) is 6.69. The largest absolute Gasteiger partial charge is 0.444 e. The number of rotatable bonds is 15. The molecule has 1 aromatic carbocycles. The molecule has 2 N–H and O–H groups in total. The molecule has 1 aromatic heterocycles. The Labute approximate surface area is 288 Å². The van der Waals surface area contributed by atoms with Gasteiger partial charge in [0.2, 0.25) is 0 Å². The Morgan fingerprint density at radius 1 is 1.21 bits per heavy atom. The number of amides is 1. The van der Waals surface area contributed by atoms with Gasteiger partial charge in [-0.15, -0.1) is 0 Å². The van der Waals surface area contributed by atoms with Gasteiger partial charge >= 0.3 is 16.3 Å². The van der Waals surface area contributed by atoms with E-state index >= 15 is 0 Å². The molecule has 1 fully saturated rings. The van der Waals surface area contributed by atoms with E-state index in [9.17, 15) is 22.7 Å². The predicted octanol–water partition coefficient (Wildman–Crippen LogP) is 5.66. The molecule has 0 aliphatic carbocycles. The lowest BCUT2D eigenvalue weighted by molar-refractivity contribution is 0.0192. The highest BCUT2D eigenvalue weighted by molar-refractivity contribution is 7.98. The van der Waals surface area contributed by atoms with E-state index < -0.39 is 35.8 Å². The number of halogens is 2. The molecule has 47 heavy (non-hydrogen) atoms. The van der Waals surface area contributed by atoms with Crippen molar-refractivity contribution < 1.29 is 32.2 Å². The molecule has 0 bridgehead atoms. The van der Waals surface area contributed by atoms with Crippen LogP contribution < -0.4 is 9.62 Å². The van der Waals surface area contributed by atoms with Crippen molar-refractivity contribution in [3.63, 3.8) is 0 Å². The zero-order valence-electron chi connectivity index (χ0n) is 28.3. The highest BCUT2D eigenvalue weighted by Gasteiger charge is 2.36. The maximum absolute atomic E-state index is 14.7. The van der Waals surface area contributed by atoms with Gasteiger partial charge in [-0.05, 0) is 44.9 Å². The minimum Gasteiger partial charge on any atom is -0.444 e. The van der Waals surface area contributed by atoms with Crippen LogP contribution in [-0.4, -0.2) is 105 Å². The molecule has 0 unspecified atom stereocenters. The molecular weight excluding hydrogens is 687 g/mol. The lowest BCUT2D eigenvalue weighted by Gasteiger charge is -2.37. The van der Waals surface area contributed by atoms with E-state index in [1.165, 1.54) is 21.3 Å². The number of benzene rings is 1. The van der Waals surface area contributed by atoms with Gasteiger partial charge in [0, 0.05) is 52.7 Å². The van der Waals surface area contributed by atoms with E-state index in [1.807, 2.05) is 6.92 Å². The van der Waals surface area contributed by atoms with E-state index in [2.05, 4.69) is 34.9 Å². The Balaban J connectivity index is 1.96. The zero-order chi connectivity index (χ0) is 35.0. The van der Waals surface area contributed by atoms with E-state index in [1.54, 1.807) is 32.9 Å². The third-order valence-electron chi connectivity index (χ3n) is 7.10. The molecule has 1 atom stereocenters. The third kappa shape index (κ3) is 12.0. The van der Waals surface area contributed by atoms with Gasteiger partial charge in [-0.2, -0.15) is 12.7 Å². The molecule has 3 rings (SSSR count). The summed E-state index contributed by atoms with van der Waals surface area (Å²) in [6.45, 7) is 14.1. The molecule has 1 amide bonds. The van der Waals surface area contributed by atoms with Gasteiger partial charge in [-0.25, -0.2) is 23.5 Å². The normalized spacial score (nSPS) is 15.4. The fourth-order valence-corrected chi connectivity index (χ4v) is 7.53. The Morgan fingerprint density at radius 2 is 1.89 bits per heavy atom. The molecule has 264 valence electrons. The second-order valence-corrected chi connectivity index (χ2v) is 22.2. The number of piperazine rings is 1. The lowest BCUT2D eigenvalue weighted by Crippen LogP contribution is -2.55. The maximum Gasteiger partial charge on any atom is 0.410 e. The summed E-state index contributed by atoms with van der Waals surface area (Å²) in [5, 5.41) is 13.2. The maximum atomic E-state index is 14.7. The zero-order valence-corrected chi connectivity index (χ0v) is 31.6. The molecule has 2 aromatic rings. The number of carbonyl (C=O) groups excluding carboxylic acids is 1. The number of nitrogens with one attached hydrogen (secondary N) is 1. The number of hydrogen-bond acceptors (Lipinski definition) is 10. The van der Waals surface area contributed by atoms with E-state index in [-0.39, 0.29) is 67.3 Å². The Bertz CT molecular complexity index is 1450. The molecule has 1 saturated heterocycles. The van der Waals surface area contributed by atoms with Crippen LogP contribution in [0.3, 0.4) is 0 Å². The van der Waals surface area contributed by atoms with Crippen LogP contribution in [0.15, 0.2) is 29.4 Å². The SMILES string of the molecule is CC[C@H](CO)Nc1cc(N(COCC[Si](C)(C)C)S(=O)(=O)N2CCN(C(=O)OC(C)(C)C)CC2)nc(SCc2cccc(Cl)c2F)n1. The van der Waals surface area contributed by atoms with Gasteiger partial charge < -0.3 is 24.8 Å². The molecule has 17 heteroatoms. The van der Waals surface area contributed by atoms with Crippen molar-refractivity contribution in [1.82, 2.24) is 19.2 Å². The van der Waals surface area contributed by atoms with Gasteiger partial charge in [0.05, 0.1) is 17.7 Å². The fraction of sp³-hybridized carbons (Fsp3) is 0.633. The molecule has 2 heterocycles. The first-order chi connectivity index (χ1) is 21.9. The summed E-state index contributed by atoms with van der Waals surface area (Å²) in [5.74, 6) is -0.0690. The average molecular weight is 735 g/mol. The lowest BCUT2D eigenvalue weighted by atomic mass is 10.2. The van der Waals surface area contributed by atoms with Crippen LogP contribution in [0.1, 0.15) is 39.7 Å². The Morgan fingerprint density at radius 3 is 2.49 bits per heavy atom. The van der Waals surface area contributed by atoms with Crippen LogP contribution in [0.2, 0.25) is 30.7 Å². The fourth-order valence-electron chi connectivity index (χ4n) is 4.31. The van der Waals surface area contributed by atoms with Crippen LogP contribution in [0.5, 0.6) is 0 Å². The van der Waals surface area contributed by atoms with E-state index in [4.69, 9.17) is 21.1 Å². The number of thioether (sulfide) groups is 1. The minimum absolute atomic E-state index is 0.00615. The van der Waals surface area contributed by atoms with Crippen LogP contribution >= 0.6 is 23.4 Å². The van der Waals surface area contributed by atoms with Crippen LogP contribution in [0, 0.1) is 5.82 Å². The Kier molecular flexibility index (Phi) is 14.1. The second-order valence-electron chi connectivity index (χ2n) is 13.4. The van der Waals surface area contributed by atoms with Crippen LogP contribution in [-0.2, 0) is 25.4 Å². The van der Waals surface area contributed by atoms with E-state index in [0.717, 1.165) is 22.1 Å². The highest BCUT2D eigenvalue weighted by atomic mass is 35.5. The highest BCUT2D eigenvalue weighted by Crippen LogP contribution is 2.30. The summed E-state index contributed by atoms with van der Waals surface area (Å²) in [7, 11) is -5.68. The topological polar surface area (TPSA) is 137 Å². The number of aliphatic hydroxyl groups excluding tert-OH is 1. The first-order valence-corrected chi connectivity index (χ1v) is 22.1. The minimum atomic E-state index is -4.21. The van der Waals surface area contributed by atoms with Gasteiger partial charge in [-0.3, -0.25) is 0 Å². The van der Waals surface area contributed by atoms with Gasteiger partial charge in [0.15, 0.2) is 11.0 Å². The molecule has 0 saturated carbocycles. The van der Waals surface area contributed by atoms with Crippen molar-refractivity contribution in [2.45, 2.75) is 82.4 Å². The number of ether oxygens (including phenoxy) is 2. The van der Waals surface area contributed by atoms with Crippen molar-refractivity contribution in [3.05, 3.63) is 40.7 Å². The number of aromatic nitrogens is 2. The molecule has 1 aliphatic heterocycles. The number of carbonyl (C=O) groups is 1. The van der Waals surface area contributed by atoms with Crippen molar-refractivity contribution in [2.24, 2.45) is 0 Å². The molecule has 12 nitrogen and oxygen atoms in total. The smallest absolute Gasteiger partial charge is 0.410 e. The van der Waals surface area contributed by atoms with Crippen molar-refractivity contribution in [3.8, 4) is 0 Å². The van der Waals surface area contributed by atoms with Gasteiger partial charge in [0.25, 0.3) is 0 Å². The first-order valence-electron chi connectivity index (χ1n) is 15.6. The Hall–Kier alpha value is -2.21. The number of anilines is 2. The van der Waals surface area contributed by atoms with Crippen molar-refractivity contribution in [1.29, 1.82) is 0 Å². The molecule has 1 aliphatic rings. The van der Waals surface area contributed by atoms with Crippen molar-refractivity contribution in [2.75, 3.05) is 55.7 Å². The summed E-state index contributed by atoms with van der Waals surface area (Å²) in [4.78, 5) is 23.3. The van der Waals surface area contributed by atoms with Crippen molar-refractivity contribution >= 4 is 59.4 Å². The summed E-state index contributed by atoms with van der Waals surface area (Å²) in [6.07, 6.45) is 0.0789. The molecule has 0 radical (unpaired) electrons.